The van der Waals surface area contributed by atoms with Crippen LogP contribution in [0.15, 0.2) is 41.8 Å². The van der Waals surface area contributed by atoms with Gasteiger partial charge in [-0.2, -0.15) is 0 Å². The summed E-state index contributed by atoms with van der Waals surface area (Å²) in [7, 11) is 1.97. The second kappa shape index (κ2) is 6.68. The van der Waals surface area contributed by atoms with Crippen molar-refractivity contribution in [2.75, 3.05) is 13.6 Å². The summed E-state index contributed by atoms with van der Waals surface area (Å²) in [6, 6.07) is 10.9. The molecule has 0 aliphatic carbocycles. The summed E-state index contributed by atoms with van der Waals surface area (Å²) in [6.07, 6.45) is 0.955. The molecule has 2 rings (SSSR count). The van der Waals surface area contributed by atoms with E-state index in [0.29, 0.717) is 18.2 Å². The zero-order chi connectivity index (χ0) is 14.5. The summed E-state index contributed by atoms with van der Waals surface area (Å²) in [5.74, 6) is 0.256. The molecule has 1 unspecified atom stereocenters. The predicted octanol–water partition coefficient (Wildman–Crippen LogP) is 3.20. The molecule has 1 heterocycles. The Kier molecular flexibility index (Phi) is 4.93. The first kappa shape index (κ1) is 14.8. The van der Waals surface area contributed by atoms with E-state index < -0.39 is 0 Å². The molecule has 0 aliphatic rings. The van der Waals surface area contributed by atoms with Crippen molar-refractivity contribution in [1.82, 2.24) is 4.90 Å². The third kappa shape index (κ3) is 3.92. The van der Waals surface area contributed by atoms with Crippen LogP contribution in [0.3, 0.4) is 0 Å². The highest BCUT2D eigenvalue weighted by Gasteiger charge is 2.15. The second-order valence-electron chi connectivity index (χ2n) is 5.02. The van der Waals surface area contributed by atoms with Gasteiger partial charge in [-0.3, -0.25) is 9.69 Å². The summed E-state index contributed by atoms with van der Waals surface area (Å²) >= 11 is 1.75. The zero-order valence-corrected chi connectivity index (χ0v) is 12.6. The lowest BCUT2D eigenvalue weighted by molar-refractivity contribution is 0.0924. The number of benzene rings is 1. The second-order valence-corrected chi connectivity index (χ2v) is 6.05. The minimum atomic E-state index is 0.0746. The number of likely N-dealkylation sites (N-methyl/N-ethyl adjacent to an activating group) is 1. The Balaban J connectivity index is 1.91. The largest absolute Gasteiger partial charge is 0.508 e. The fourth-order valence-corrected chi connectivity index (χ4v) is 2.82. The summed E-state index contributed by atoms with van der Waals surface area (Å²) in [5.41, 5.74) is 0.637. The Morgan fingerprint density at radius 3 is 2.60 bits per heavy atom. The molecule has 0 fully saturated rings. The van der Waals surface area contributed by atoms with Crippen LogP contribution in [-0.4, -0.2) is 35.4 Å². The number of nitrogens with zero attached hydrogens (tertiary/aromatic N) is 1. The standard InChI is InChI=1S/C16H19NO2S/c1-12(10-15-4-3-9-20-15)17(2)11-16(19)13-5-7-14(18)8-6-13/h3-9,12,18H,10-11H2,1-2H3. The van der Waals surface area contributed by atoms with Crippen molar-refractivity contribution in [3.8, 4) is 5.75 Å². The SMILES string of the molecule is CC(Cc1cccs1)N(C)CC(=O)c1ccc(O)cc1. The summed E-state index contributed by atoms with van der Waals surface area (Å²) < 4.78 is 0. The van der Waals surface area contributed by atoms with Gasteiger partial charge in [-0.05, 0) is 56.1 Å². The average Bonchev–Trinajstić information content (AvgIpc) is 2.92. The number of ketones is 1. The number of thiophene rings is 1. The summed E-state index contributed by atoms with van der Waals surface area (Å²) in [5, 5.41) is 11.3. The van der Waals surface area contributed by atoms with E-state index in [-0.39, 0.29) is 11.5 Å². The maximum atomic E-state index is 12.2. The molecule has 1 N–H and O–H groups in total. The van der Waals surface area contributed by atoms with Crippen molar-refractivity contribution in [2.45, 2.75) is 19.4 Å². The molecule has 106 valence electrons. The minimum Gasteiger partial charge on any atom is -0.508 e. The first-order valence-corrected chi connectivity index (χ1v) is 7.49. The van der Waals surface area contributed by atoms with Gasteiger partial charge in [-0.1, -0.05) is 6.07 Å². The topological polar surface area (TPSA) is 40.5 Å². The van der Waals surface area contributed by atoms with Crippen LogP contribution in [0.2, 0.25) is 0 Å². The number of rotatable bonds is 6. The zero-order valence-electron chi connectivity index (χ0n) is 11.7. The van der Waals surface area contributed by atoms with E-state index in [0.717, 1.165) is 6.42 Å². The van der Waals surface area contributed by atoms with Crippen LogP contribution < -0.4 is 0 Å². The van der Waals surface area contributed by atoms with Crippen LogP contribution >= 0.6 is 11.3 Å². The maximum absolute atomic E-state index is 12.2. The van der Waals surface area contributed by atoms with Crippen molar-refractivity contribution >= 4 is 17.1 Å². The van der Waals surface area contributed by atoms with Gasteiger partial charge < -0.3 is 5.11 Å². The van der Waals surface area contributed by atoms with Gasteiger partial charge in [0.25, 0.3) is 0 Å². The lowest BCUT2D eigenvalue weighted by Crippen LogP contribution is -2.35. The van der Waals surface area contributed by atoms with E-state index in [1.807, 2.05) is 13.1 Å². The fourth-order valence-electron chi connectivity index (χ4n) is 2.00. The normalized spacial score (nSPS) is 12.6. The molecule has 0 saturated heterocycles. The Hall–Kier alpha value is -1.65. The molecular formula is C16H19NO2S. The predicted molar refractivity (Wildman–Crippen MR) is 82.6 cm³/mol. The van der Waals surface area contributed by atoms with Crippen molar-refractivity contribution in [3.05, 3.63) is 52.2 Å². The first-order valence-electron chi connectivity index (χ1n) is 6.61. The van der Waals surface area contributed by atoms with Crippen molar-refractivity contribution in [2.24, 2.45) is 0 Å². The number of phenols is 1. The highest BCUT2D eigenvalue weighted by Crippen LogP contribution is 2.15. The molecule has 0 radical (unpaired) electrons. The average molecular weight is 289 g/mol. The molecule has 4 heteroatoms. The number of carbonyl (C=O) groups is 1. The number of hydrogen-bond acceptors (Lipinski definition) is 4. The summed E-state index contributed by atoms with van der Waals surface area (Å²) in [6.45, 7) is 2.52. The Labute approximate surface area is 123 Å². The smallest absolute Gasteiger partial charge is 0.176 e. The van der Waals surface area contributed by atoms with Gasteiger partial charge in [0.1, 0.15) is 5.75 Å². The van der Waals surface area contributed by atoms with E-state index in [4.69, 9.17) is 0 Å². The van der Waals surface area contributed by atoms with Gasteiger partial charge in [-0.15, -0.1) is 11.3 Å². The van der Waals surface area contributed by atoms with Crippen molar-refractivity contribution in [3.63, 3.8) is 0 Å². The van der Waals surface area contributed by atoms with E-state index in [2.05, 4.69) is 23.3 Å². The van der Waals surface area contributed by atoms with Gasteiger partial charge in [-0.25, -0.2) is 0 Å². The lowest BCUT2D eigenvalue weighted by Gasteiger charge is -2.23. The fraction of sp³-hybridized carbons (Fsp3) is 0.312. The van der Waals surface area contributed by atoms with Gasteiger partial charge in [0, 0.05) is 16.5 Å². The number of aromatic hydroxyl groups is 1. The lowest BCUT2D eigenvalue weighted by atomic mass is 10.1. The molecule has 0 spiro atoms. The molecule has 3 nitrogen and oxygen atoms in total. The molecule has 0 amide bonds. The van der Waals surface area contributed by atoms with Crippen LogP contribution in [-0.2, 0) is 6.42 Å². The monoisotopic (exact) mass is 289 g/mol. The Morgan fingerprint density at radius 2 is 2.00 bits per heavy atom. The van der Waals surface area contributed by atoms with Crippen LogP contribution in [0, 0.1) is 0 Å². The van der Waals surface area contributed by atoms with Crippen LogP contribution in [0.5, 0.6) is 5.75 Å². The highest BCUT2D eigenvalue weighted by molar-refractivity contribution is 7.09. The third-order valence-electron chi connectivity index (χ3n) is 3.41. The molecule has 1 atom stereocenters. The van der Waals surface area contributed by atoms with E-state index in [9.17, 15) is 9.90 Å². The van der Waals surface area contributed by atoms with Gasteiger partial charge in [0.2, 0.25) is 0 Å². The number of hydrogen-bond donors (Lipinski definition) is 1. The minimum absolute atomic E-state index is 0.0746. The van der Waals surface area contributed by atoms with Crippen molar-refractivity contribution in [1.29, 1.82) is 0 Å². The quantitative estimate of drug-likeness (QED) is 0.830. The molecule has 20 heavy (non-hydrogen) atoms. The maximum Gasteiger partial charge on any atom is 0.176 e. The molecule has 0 aliphatic heterocycles. The molecule has 2 aromatic rings. The number of Topliss-reactive ketones (excluding diaryl/α,β-unsaturated/α-hetero) is 1. The number of phenolic OH excluding ortho intramolecular Hbond substituents is 1. The molecule has 1 aromatic carbocycles. The highest BCUT2D eigenvalue weighted by atomic mass is 32.1. The molecule has 1 aromatic heterocycles. The van der Waals surface area contributed by atoms with Gasteiger partial charge >= 0.3 is 0 Å². The molecular weight excluding hydrogens is 270 g/mol. The van der Waals surface area contributed by atoms with Crippen LogP contribution in [0.1, 0.15) is 22.2 Å². The van der Waals surface area contributed by atoms with E-state index in [1.165, 1.54) is 4.88 Å². The van der Waals surface area contributed by atoms with Gasteiger partial charge in [0.15, 0.2) is 5.78 Å². The third-order valence-corrected chi connectivity index (χ3v) is 4.31. The molecule has 0 saturated carbocycles. The number of carbonyl (C=O) groups excluding carboxylic acids is 1. The van der Waals surface area contributed by atoms with E-state index >= 15 is 0 Å². The first-order chi connectivity index (χ1) is 9.56. The molecule has 0 bridgehead atoms. The Morgan fingerprint density at radius 1 is 1.30 bits per heavy atom. The van der Waals surface area contributed by atoms with Crippen LogP contribution in [0.4, 0.5) is 0 Å². The van der Waals surface area contributed by atoms with Crippen molar-refractivity contribution < 1.29 is 9.90 Å². The summed E-state index contributed by atoms with van der Waals surface area (Å²) in [4.78, 5) is 15.6. The van der Waals surface area contributed by atoms with Crippen LogP contribution in [0.25, 0.3) is 0 Å². The van der Waals surface area contributed by atoms with Gasteiger partial charge in [0.05, 0.1) is 6.54 Å². The van der Waals surface area contributed by atoms with E-state index in [1.54, 1.807) is 35.6 Å². The Bertz CT molecular complexity index is 548.